The van der Waals surface area contributed by atoms with E-state index in [0.29, 0.717) is 0 Å². The average molecular weight is 140 g/mol. The summed E-state index contributed by atoms with van der Waals surface area (Å²) in [5.41, 5.74) is 5.19. The molecule has 0 spiro atoms. The van der Waals surface area contributed by atoms with Crippen molar-refractivity contribution in [2.24, 2.45) is 5.10 Å². The zero-order valence-electron chi connectivity index (χ0n) is 7.23. The zero-order valence-corrected chi connectivity index (χ0v) is 7.23. The van der Waals surface area contributed by atoms with Crippen molar-refractivity contribution in [3.63, 3.8) is 0 Å². The molecule has 0 aromatic heterocycles. The lowest BCUT2D eigenvalue weighted by Crippen LogP contribution is -2.07. The van der Waals surface area contributed by atoms with Crippen LogP contribution in [0.25, 0.3) is 0 Å². The van der Waals surface area contributed by atoms with Crippen LogP contribution in [-0.2, 0) is 0 Å². The molecule has 1 N–H and O–H groups in total. The Morgan fingerprint density at radius 1 is 1.50 bits per heavy atom. The third-order valence-electron chi connectivity index (χ3n) is 1.41. The molecule has 58 valence electrons. The summed E-state index contributed by atoms with van der Waals surface area (Å²) in [6.07, 6.45) is 2.05. The molecule has 0 unspecified atom stereocenters. The maximum atomic E-state index is 4.11. The van der Waals surface area contributed by atoms with E-state index in [1.807, 2.05) is 20.8 Å². The summed E-state index contributed by atoms with van der Waals surface area (Å²) in [7, 11) is 0. The lowest BCUT2D eigenvalue weighted by molar-refractivity contribution is 0.782. The molecule has 10 heavy (non-hydrogen) atoms. The number of hydrogen-bond donors (Lipinski definition) is 1. The molecule has 0 aromatic carbocycles. The average Bonchev–Trinajstić information content (AvgIpc) is 1.98. The van der Waals surface area contributed by atoms with Crippen molar-refractivity contribution in [2.45, 2.75) is 27.7 Å². The summed E-state index contributed by atoms with van der Waals surface area (Å²) in [5, 5.41) is 4.11. The Balaban J connectivity index is 3.93. The Kier molecular flexibility index (Phi) is 4.63. The molecule has 0 aromatic rings. The standard InChI is InChI=1S/C8H16N2/c1-5-7(3)8(4)10-9-6-2/h5,9H,6H2,1-4H3/b7-5+,10-8-. The molecule has 0 rings (SSSR count). The Labute approximate surface area is 63.0 Å². The molecule has 2 nitrogen and oxygen atoms in total. The van der Waals surface area contributed by atoms with Crippen LogP contribution in [0, 0.1) is 0 Å². The number of hydrazone groups is 1. The van der Waals surface area contributed by atoms with Crippen LogP contribution in [0.1, 0.15) is 27.7 Å². The fourth-order valence-electron chi connectivity index (χ4n) is 0.495. The van der Waals surface area contributed by atoms with E-state index in [1.165, 1.54) is 5.57 Å². The Bertz CT molecular complexity index is 145. The van der Waals surface area contributed by atoms with Crippen molar-refractivity contribution in [2.75, 3.05) is 6.54 Å². The predicted molar refractivity (Wildman–Crippen MR) is 46.2 cm³/mol. The van der Waals surface area contributed by atoms with Crippen LogP contribution >= 0.6 is 0 Å². The highest BCUT2D eigenvalue weighted by atomic mass is 15.3. The molecule has 0 amide bonds. The normalized spacial score (nSPS) is 13.6. The van der Waals surface area contributed by atoms with Crippen molar-refractivity contribution >= 4 is 5.71 Å². The first kappa shape index (κ1) is 9.21. The van der Waals surface area contributed by atoms with Crippen molar-refractivity contribution in [3.8, 4) is 0 Å². The van der Waals surface area contributed by atoms with Crippen LogP contribution in [0.3, 0.4) is 0 Å². The first-order chi connectivity index (χ1) is 4.72. The monoisotopic (exact) mass is 140 g/mol. The van der Waals surface area contributed by atoms with E-state index in [0.717, 1.165) is 12.3 Å². The highest BCUT2D eigenvalue weighted by molar-refractivity contribution is 5.97. The molecule has 0 fully saturated rings. The molecule has 0 aliphatic heterocycles. The molecule has 0 radical (unpaired) electrons. The number of allylic oxidation sites excluding steroid dienone is 2. The zero-order chi connectivity index (χ0) is 7.98. The lowest BCUT2D eigenvalue weighted by Gasteiger charge is -1.99. The summed E-state index contributed by atoms with van der Waals surface area (Å²) in [4.78, 5) is 0. The second kappa shape index (κ2) is 5.03. The molecule has 0 saturated heterocycles. The molecule has 0 heterocycles. The highest BCUT2D eigenvalue weighted by Gasteiger charge is 1.89. The van der Waals surface area contributed by atoms with Crippen molar-refractivity contribution in [1.29, 1.82) is 0 Å². The van der Waals surface area contributed by atoms with Gasteiger partial charge in [0, 0.05) is 6.54 Å². The van der Waals surface area contributed by atoms with Gasteiger partial charge in [0.05, 0.1) is 5.71 Å². The summed E-state index contributed by atoms with van der Waals surface area (Å²) in [6.45, 7) is 8.98. The molecule has 0 aliphatic carbocycles. The highest BCUT2D eigenvalue weighted by Crippen LogP contribution is 1.93. The van der Waals surface area contributed by atoms with E-state index >= 15 is 0 Å². The predicted octanol–water partition coefficient (Wildman–Crippen LogP) is 1.94. The Morgan fingerprint density at radius 3 is 2.50 bits per heavy atom. The van der Waals surface area contributed by atoms with Gasteiger partial charge in [0.15, 0.2) is 0 Å². The second-order valence-corrected chi connectivity index (χ2v) is 2.18. The van der Waals surface area contributed by atoms with Gasteiger partial charge in [-0.15, -0.1) is 0 Å². The minimum absolute atomic E-state index is 0.883. The van der Waals surface area contributed by atoms with Crippen molar-refractivity contribution < 1.29 is 0 Å². The lowest BCUT2D eigenvalue weighted by atomic mass is 10.2. The van der Waals surface area contributed by atoms with Gasteiger partial charge in [0.2, 0.25) is 0 Å². The number of hydrogen-bond acceptors (Lipinski definition) is 2. The van der Waals surface area contributed by atoms with E-state index in [-0.39, 0.29) is 0 Å². The van der Waals surface area contributed by atoms with Gasteiger partial charge in [0.25, 0.3) is 0 Å². The molecular weight excluding hydrogens is 124 g/mol. The third kappa shape index (κ3) is 3.28. The fourth-order valence-corrected chi connectivity index (χ4v) is 0.495. The first-order valence-corrected chi connectivity index (χ1v) is 3.62. The van der Waals surface area contributed by atoms with Crippen LogP contribution in [0.15, 0.2) is 16.8 Å². The summed E-state index contributed by atoms with van der Waals surface area (Å²) in [6, 6.07) is 0. The van der Waals surface area contributed by atoms with Gasteiger partial charge < -0.3 is 5.43 Å². The minimum atomic E-state index is 0.883. The van der Waals surface area contributed by atoms with Gasteiger partial charge in [-0.05, 0) is 33.3 Å². The number of nitrogens with one attached hydrogen (secondary N) is 1. The summed E-state index contributed by atoms with van der Waals surface area (Å²) < 4.78 is 0. The van der Waals surface area contributed by atoms with E-state index in [2.05, 4.69) is 23.5 Å². The number of nitrogens with zero attached hydrogens (tertiary/aromatic N) is 1. The maximum Gasteiger partial charge on any atom is 0.0597 e. The second-order valence-electron chi connectivity index (χ2n) is 2.18. The quantitative estimate of drug-likeness (QED) is 0.470. The van der Waals surface area contributed by atoms with Gasteiger partial charge in [-0.3, -0.25) is 0 Å². The van der Waals surface area contributed by atoms with Crippen LogP contribution in [0.5, 0.6) is 0 Å². The van der Waals surface area contributed by atoms with Crippen LogP contribution < -0.4 is 5.43 Å². The largest absolute Gasteiger partial charge is 0.310 e. The van der Waals surface area contributed by atoms with Gasteiger partial charge in [0.1, 0.15) is 0 Å². The molecule has 0 atom stereocenters. The van der Waals surface area contributed by atoms with Crippen molar-refractivity contribution in [1.82, 2.24) is 5.43 Å². The van der Waals surface area contributed by atoms with E-state index in [9.17, 15) is 0 Å². The topological polar surface area (TPSA) is 24.4 Å². The molecule has 0 aliphatic rings. The van der Waals surface area contributed by atoms with Gasteiger partial charge in [-0.1, -0.05) is 6.08 Å². The maximum absolute atomic E-state index is 4.11. The first-order valence-electron chi connectivity index (χ1n) is 3.62. The number of rotatable bonds is 3. The van der Waals surface area contributed by atoms with Crippen LogP contribution in [0.4, 0.5) is 0 Å². The summed E-state index contributed by atoms with van der Waals surface area (Å²) in [5.74, 6) is 0. The third-order valence-corrected chi connectivity index (χ3v) is 1.41. The van der Waals surface area contributed by atoms with Gasteiger partial charge >= 0.3 is 0 Å². The Hall–Kier alpha value is -0.790. The SMILES string of the molecule is C/C=C(C)/C(C)=N\NCC. The Morgan fingerprint density at radius 2 is 2.10 bits per heavy atom. The van der Waals surface area contributed by atoms with E-state index in [4.69, 9.17) is 0 Å². The fraction of sp³-hybridized carbons (Fsp3) is 0.625. The van der Waals surface area contributed by atoms with E-state index in [1.54, 1.807) is 0 Å². The molecule has 0 bridgehead atoms. The summed E-state index contributed by atoms with van der Waals surface area (Å²) >= 11 is 0. The van der Waals surface area contributed by atoms with Crippen LogP contribution in [0.2, 0.25) is 0 Å². The van der Waals surface area contributed by atoms with E-state index < -0.39 is 0 Å². The van der Waals surface area contributed by atoms with Crippen molar-refractivity contribution in [3.05, 3.63) is 11.6 Å². The van der Waals surface area contributed by atoms with Gasteiger partial charge in [-0.2, -0.15) is 5.10 Å². The molecule has 0 saturated carbocycles. The van der Waals surface area contributed by atoms with Crippen LogP contribution in [-0.4, -0.2) is 12.3 Å². The molecular formula is C8H16N2. The minimum Gasteiger partial charge on any atom is -0.310 e. The molecule has 2 heteroatoms. The van der Waals surface area contributed by atoms with Gasteiger partial charge in [-0.25, -0.2) is 0 Å². The smallest absolute Gasteiger partial charge is 0.0597 e.